The number of benzene rings is 1. The van der Waals surface area contributed by atoms with E-state index in [-0.39, 0.29) is 4.90 Å². The fraction of sp³-hybridized carbons (Fsp3) is 0.0556. The molecule has 3 N–H and O–H groups in total. The number of aromatic nitrogens is 4. The largest absolute Gasteiger partial charge is 0.324 e. The van der Waals surface area contributed by atoms with Crippen LogP contribution in [0.15, 0.2) is 66.0 Å². The van der Waals surface area contributed by atoms with Crippen LogP contribution < -0.4 is 10.5 Å². The van der Waals surface area contributed by atoms with E-state index in [4.69, 9.17) is 5.14 Å². The summed E-state index contributed by atoms with van der Waals surface area (Å²) < 4.78 is 25.0. The molecule has 136 valence electrons. The van der Waals surface area contributed by atoms with Crippen molar-refractivity contribution in [2.24, 2.45) is 5.14 Å². The predicted octanol–water partition coefficient (Wildman–Crippen LogP) is 2.49. The molecule has 0 spiro atoms. The van der Waals surface area contributed by atoms with Crippen molar-refractivity contribution >= 4 is 27.3 Å². The zero-order valence-electron chi connectivity index (χ0n) is 14.4. The Morgan fingerprint density at radius 3 is 2.74 bits per heavy atom. The zero-order valence-corrected chi connectivity index (χ0v) is 15.2. The van der Waals surface area contributed by atoms with E-state index in [0.29, 0.717) is 22.9 Å². The van der Waals surface area contributed by atoms with E-state index in [9.17, 15) is 8.42 Å². The number of imidazole rings is 1. The van der Waals surface area contributed by atoms with Gasteiger partial charge in [-0.05, 0) is 48.9 Å². The van der Waals surface area contributed by atoms with E-state index in [2.05, 4.69) is 20.3 Å². The highest BCUT2D eigenvalue weighted by Gasteiger charge is 2.12. The number of rotatable bonds is 4. The van der Waals surface area contributed by atoms with E-state index < -0.39 is 10.0 Å². The number of fused-ring (bicyclic) bond motifs is 1. The molecule has 0 unspecified atom stereocenters. The lowest BCUT2D eigenvalue weighted by atomic mass is 10.2. The molecule has 0 aliphatic rings. The molecule has 0 amide bonds. The summed E-state index contributed by atoms with van der Waals surface area (Å²) in [5.74, 6) is 0.390. The molecule has 0 aliphatic carbocycles. The molecule has 3 aromatic heterocycles. The fourth-order valence-electron chi connectivity index (χ4n) is 2.86. The summed E-state index contributed by atoms with van der Waals surface area (Å²) in [5.41, 5.74) is 3.59. The molecule has 9 heteroatoms. The van der Waals surface area contributed by atoms with Crippen molar-refractivity contribution in [2.45, 2.75) is 11.8 Å². The average molecular weight is 380 g/mol. The van der Waals surface area contributed by atoms with Crippen molar-refractivity contribution in [3.8, 4) is 11.4 Å². The number of hydrogen-bond donors (Lipinski definition) is 2. The third kappa shape index (κ3) is 3.37. The van der Waals surface area contributed by atoms with Gasteiger partial charge in [0.2, 0.25) is 16.0 Å². The van der Waals surface area contributed by atoms with Gasteiger partial charge < -0.3 is 5.32 Å². The van der Waals surface area contributed by atoms with Crippen molar-refractivity contribution in [1.82, 2.24) is 19.4 Å². The van der Waals surface area contributed by atoms with Gasteiger partial charge >= 0.3 is 0 Å². The second kappa shape index (κ2) is 6.45. The van der Waals surface area contributed by atoms with Crippen LogP contribution >= 0.6 is 0 Å². The second-order valence-corrected chi connectivity index (χ2v) is 7.52. The Bertz CT molecular complexity index is 1250. The molecule has 0 radical (unpaired) electrons. The van der Waals surface area contributed by atoms with Gasteiger partial charge in [-0.25, -0.2) is 28.5 Å². The van der Waals surface area contributed by atoms with E-state index >= 15 is 0 Å². The first-order valence-corrected chi connectivity index (χ1v) is 9.62. The van der Waals surface area contributed by atoms with E-state index in [1.807, 2.05) is 28.8 Å². The van der Waals surface area contributed by atoms with Crippen LogP contribution in [0, 0.1) is 6.92 Å². The molecule has 1 aromatic carbocycles. The summed E-state index contributed by atoms with van der Waals surface area (Å²) in [6.45, 7) is 1.68. The summed E-state index contributed by atoms with van der Waals surface area (Å²) in [7, 11) is -3.75. The SMILES string of the molecule is Cc1cc(Nc2nccc(-c3cnc4ccccn34)n2)ccc1S(N)(=O)=O. The molecule has 3 heterocycles. The van der Waals surface area contributed by atoms with Crippen LogP contribution in [-0.2, 0) is 10.0 Å². The third-order valence-electron chi connectivity index (χ3n) is 4.07. The number of pyridine rings is 1. The first-order valence-electron chi connectivity index (χ1n) is 8.08. The number of primary sulfonamides is 1. The van der Waals surface area contributed by atoms with Gasteiger partial charge in [-0.1, -0.05) is 6.07 Å². The van der Waals surface area contributed by atoms with Gasteiger partial charge in [-0.15, -0.1) is 0 Å². The molecule has 0 saturated heterocycles. The minimum Gasteiger partial charge on any atom is -0.324 e. The second-order valence-electron chi connectivity index (χ2n) is 5.99. The molecule has 4 rings (SSSR count). The number of hydrogen-bond acceptors (Lipinski definition) is 6. The van der Waals surface area contributed by atoms with Crippen LogP contribution in [0.25, 0.3) is 17.0 Å². The fourth-order valence-corrected chi connectivity index (χ4v) is 3.62. The Labute approximate surface area is 155 Å². The highest BCUT2D eigenvalue weighted by atomic mass is 32.2. The van der Waals surface area contributed by atoms with Crippen molar-refractivity contribution in [1.29, 1.82) is 0 Å². The number of sulfonamides is 1. The van der Waals surface area contributed by atoms with E-state index in [1.165, 1.54) is 6.07 Å². The third-order valence-corrected chi connectivity index (χ3v) is 5.14. The van der Waals surface area contributed by atoms with Crippen molar-refractivity contribution in [3.05, 3.63) is 66.6 Å². The first-order chi connectivity index (χ1) is 12.9. The minimum absolute atomic E-state index is 0.0912. The molecule has 0 fully saturated rings. The van der Waals surface area contributed by atoms with Gasteiger partial charge in [0, 0.05) is 18.1 Å². The number of nitrogens with two attached hydrogens (primary N) is 1. The Kier molecular flexibility index (Phi) is 4.09. The van der Waals surface area contributed by atoms with Gasteiger partial charge in [0.05, 0.1) is 22.5 Å². The Morgan fingerprint density at radius 1 is 1.11 bits per heavy atom. The van der Waals surface area contributed by atoms with Crippen molar-refractivity contribution in [3.63, 3.8) is 0 Å². The van der Waals surface area contributed by atoms with Crippen LogP contribution in [0.3, 0.4) is 0 Å². The maximum atomic E-state index is 11.5. The Hall–Kier alpha value is -3.30. The lowest BCUT2D eigenvalue weighted by Gasteiger charge is -2.09. The van der Waals surface area contributed by atoms with Crippen molar-refractivity contribution < 1.29 is 8.42 Å². The highest BCUT2D eigenvalue weighted by molar-refractivity contribution is 7.89. The maximum absolute atomic E-state index is 11.5. The lowest BCUT2D eigenvalue weighted by molar-refractivity contribution is 0.597. The topological polar surface area (TPSA) is 115 Å². The summed E-state index contributed by atoms with van der Waals surface area (Å²) in [4.78, 5) is 13.2. The van der Waals surface area contributed by atoms with Gasteiger partial charge in [-0.3, -0.25) is 4.40 Å². The molecule has 0 saturated carbocycles. The van der Waals surface area contributed by atoms with Crippen LogP contribution in [-0.4, -0.2) is 27.8 Å². The Morgan fingerprint density at radius 2 is 1.96 bits per heavy atom. The normalized spacial score (nSPS) is 11.6. The summed E-state index contributed by atoms with van der Waals surface area (Å²) in [5, 5.41) is 8.28. The summed E-state index contributed by atoms with van der Waals surface area (Å²) in [6.07, 6.45) is 5.33. The summed E-state index contributed by atoms with van der Waals surface area (Å²) >= 11 is 0. The van der Waals surface area contributed by atoms with E-state index in [1.54, 1.807) is 37.5 Å². The van der Waals surface area contributed by atoms with E-state index in [0.717, 1.165) is 11.3 Å². The molecule has 0 bridgehead atoms. The number of anilines is 2. The molecule has 0 atom stereocenters. The Balaban J connectivity index is 1.67. The molecular weight excluding hydrogens is 364 g/mol. The van der Waals surface area contributed by atoms with Crippen LogP contribution in [0.2, 0.25) is 0 Å². The van der Waals surface area contributed by atoms with Crippen LogP contribution in [0.5, 0.6) is 0 Å². The van der Waals surface area contributed by atoms with Crippen LogP contribution in [0.1, 0.15) is 5.56 Å². The molecule has 0 aliphatic heterocycles. The predicted molar refractivity (Wildman–Crippen MR) is 102 cm³/mol. The van der Waals surface area contributed by atoms with Gasteiger partial charge in [0.1, 0.15) is 5.65 Å². The molecule has 8 nitrogen and oxygen atoms in total. The summed E-state index contributed by atoms with van der Waals surface area (Å²) in [6, 6.07) is 12.3. The number of aryl methyl sites for hydroxylation is 1. The molecular formula is C18H16N6O2S. The monoisotopic (exact) mass is 380 g/mol. The zero-order chi connectivity index (χ0) is 19.0. The maximum Gasteiger partial charge on any atom is 0.238 e. The van der Waals surface area contributed by atoms with Gasteiger partial charge in [-0.2, -0.15) is 0 Å². The molecule has 27 heavy (non-hydrogen) atoms. The first kappa shape index (κ1) is 17.1. The number of nitrogens with one attached hydrogen (secondary N) is 1. The number of nitrogens with zero attached hydrogens (tertiary/aromatic N) is 4. The smallest absolute Gasteiger partial charge is 0.238 e. The molecule has 4 aromatic rings. The quantitative estimate of drug-likeness (QED) is 0.562. The standard InChI is InChI=1S/C18H16N6O2S/c1-12-10-13(5-6-16(12)27(19,25)26)22-18-20-8-7-14(23-18)15-11-21-17-4-2-3-9-24(15)17/h2-11H,1H3,(H2,19,25,26)(H,20,22,23). The van der Waals surface area contributed by atoms with Crippen LogP contribution in [0.4, 0.5) is 11.6 Å². The highest BCUT2D eigenvalue weighted by Crippen LogP contribution is 2.23. The minimum atomic E-state index is -3.75. The van der Waals surface area contributed by atoms with Gasteiger partial charge in [0.15, 0.2) is 0 Å². The van der Waals surface area contributed by atoms with Crippen molar-refractivity contribution in [2.75, 3.05) is 5.32 Å². The lowest BCUT2D eigenvalue weighted by Crippen LogP contribution is -2.13. The average Bonchev–Trinajstić information content (AvgIpc) is 3.05. The van der Waals surface area contributed by atoms with Gasteiger partial charge in [0.25, 0.3) is 0 Å².